The fourth-order valence-corrected chi connectivity index (χ4v) is 3.11. The van der Waals surface area contributed by atoms with Crippen LogP contribution in [0.25, 0.3) is 11.0 Å². The summed E-state index contributed by atoms with van der Waals surface area (Å²) in [6.07, 6.45) is 2.63. The summed E-state index contributed by atoms with van der Waals surface area (Å²) in [5.41, 5.74) is 2.77. The first-order chi connectivity index (χ1) is 10.5. The molecule has 0 amide bonds. The molecule has 0 saturated carbocycles. The van der Waals surface area contributed by atoms with Crippen LogP contribution in [0.3, 0.4) is 0 Å². The Morgan fingerprint density at radius 3 is 2.86 bits per heavy atom. The molecule has 0 aliphatic carbocycles. The van der Waals surface area contributed by atoms with E-state index in [1.807, 2.05) is 25.1 Å². The van der Waals surface area contributed by atoms with Crippen LogP contribution in [0.1, 0.15) is 25.3 Å². The van der Waals surface area contributed by atoms with Gasteiger partial charge in [-0.05, 0) is 31.5 Å². The zero-order valence-electron chi connectivity index (χ0n) is 13.1. The molecule has 1 atom stereocenters. The summed E-state index contributed by atoms with van der Waals surface area (Å²) in [5.74, 6) is 0.339. The Labute approximate surface area is 129 Å². The van der Waals surface area contributed by atoms with Crippen LogP contribution >= 0.6 is 0 Å². The van der Waals surface area contributed by atoms with Gasteiger partial charge in [0.25, 0.3) is 5.56 Å². The second-order valence-electron chi connectivity index (χ2n) is 6.12. The van der Waals surface area contributed by atoms with Crippen LogP contribution in [-0.2, 0) is 11.3 Å². The molecule has 0 N–H and O–H groups in total. The Morgan fingerprint density at radius 2 is 2.09 bits per heavy atom. The van der Waals surface area contributed by atoms with Gasteiger partial charge in [0.1, 0.15) is 5.78 Å². The van der Waals surface area contributed by atoms with E-state index in [0.717, 1.165) is 29.7 Å². The van der Waals surface area contributed by atoms with Crippen LogP contribution in [0.15, 0.2) is 29.2 Å². The van der Waals surface area contributed by atoms with E-state index in [0.29, 0.717) is 25.2 Å². The molecule has 22 heavy (non-hydrogen) atoms. The number of nitrogens with zero attached hydrogens (tertiary/aromatic N) is 3. The number of carbonyl (C=O) groups excluding carboxylic acids is 1. The van der Waals surface area contributed by atoms with Crippen LogP contribution in [0, 0.1) is 6.92 Å². The molecule has 5 heteroatoms. The summed E-state index contributed by atoms with van der Waals surface area (Å²) >= 11 is 0. The lowest BCUT2D eigenvalue weighted by Gasteiger charge is -2.32. The quantitative estimate of drug-likeness (QED) is 0.866. The number of carbonyl (C=O) groups is 1. The molecule has 1 aliphatic heterocycles. The Balaban J connectivity index is 1.84. The van der Waals surface area contributed by atoms with Gasteiger partial charge in [-0.25, -0.2) is 4.98 Å². The average molecular weight is 299 g/mol. The van der Waals surface area contributed by atoms with E-state index in [-0.39, 0.29) is 11.6 Å². The molecule has 1 aliphatic rings. The van der Waals surface area contributed by atoms with E-state index in [4.69, 9.17) is 0 Å². The molecule has 5 nitrogen and oxygen atoms in total. The van der Waals surface area contributed by atoms with Crippen molar-refractivity contribution in [1.82, 2.24) is 14.5 Å². The molecule has 2 aromatic rings. The van der Waals surface area contributed by atoms with Gasteiger partial charge in [-0.1, -0.05) is 6.07 Å². The molecule has 1 aromatic carbocycles. The number of aromatic nitrogens is 2. The van der Waals surface area contributed by atoms with Crippen molar-refractivity contribution in [3.05, 3.63) is 40.3 Å². The SMILES string of the molecule is Cc1ccc2ncc(=O)n(CCN3CCC(=O)CC3C)c2c1. The van der Waals surface area contributed by atoms with E-state index in [1.165, 1.54) is 6.20 Å². The predicted octanol–water partition coefficient (Wildman–Crippen LogP) is 1.76. The van der Waals surface area contributed by atoms with Gasteiger partial charge in [-0.3, -0.25) is 14.5 Å². The Morgan fingerprint density at radius 1 is 1.27 bits per heavy atom. The minimum Gasteiger partial charge on any atom is -0.304 e. The summed E-state index contributed by atoms with van der Waals surface area (Å²) in [5, 5.41) is 0. The van der Waals surface area contributed by atoms with Gasteiger partial charge < -0.3 is 4.57 Å². The van der Waals surface area contributed by atoms with E-state index < -0.39 is 0 Å². The van der Waals surface area contributed by atoms with Crippen LogP contribution < -0.4 is 5.56 Å². The maximum absolute atomic E-state index is 12.2. The molecule has 0 radical (unpaired) electrons. The van der Waals surface area contributed by atoms with Gasteiger partial charge in [-0.2, -0.15) is 0 Å². The highest BCUT2D eigenvalue weighted by Crippen LogP contribution is 2.15. The van der Waals surface area contributed by atoms with E-state index in [1.54, 1.807) is 4.57 Å². The van der Waals surface area contributed by atoms with Gasteiger partial charge in [0.05, 0.1) is 17.2 Å². The topological polar surface area (TPSA) is 55.2 Å². The minimum atomic E-state index is -0.0705. The summed E-state index contributed by atoms with van der Waals surface area (Å²) in [6.45, 7) is 6.28. The maximum atomic E-state index is 12.2. The number of Topliss-reactive ketones (excluding diaryl/α,β-unsaturated/α-hetero) is 1. The number of hydrogen-bond acceptors (Lipinski definition) is 4. The highest BCUT2D eigenvalue weighted by Gasteiger charge is 2.23. The summed E-state index contributed by atoms with van der Waals surface area (Å²) < 4.78 is 1.79. The van der Waals surface area contributed by atoms with Crippen LogP contribution in [0.4, 0.5) is 0 Å². The van der Waals surface area contributed by atoms with Crippen molar-refractivity contribution in [2.75, 3.05) is 13.1 Å². The first kappa shape index (κ1) is 14.9. The van der Waals surface area contributed by atoms with E-state index >= 15 is 0 Å². The molecule has 1 unspecified atom stereocenters. The van der Waals surface area contributed by atoms with Gasteiger partial charge in [-0.15, -0.1) is 0 Å². The maximum Gasteiger partial charge on any atom is 0.269 e. The normalized spacial score (nSPS) is 19.7. The van der Waals surface area contributed by atoms with Crippen LogP contribution in [0.5, 0.6) is 0 Å². The number of benzene rings is 1. The third-order valence-electron chi connectivity index (χ3n) is 4.44. The Kier molecular flexibility index (Phi) is 4.07. The van der Waals surface area contributed by atoms with Crippen molar-refractivity contribution in [1.29, 1.82) is 0 Å². The molecule has 1 saturated heterocycles. The number of hydrogen-bond donors (Lipinski definition) is 0. The highest BCUT2D eigenvalue weighted by molar-refractivity contribution is 5.80. The molecule has 0 bridgehead atoms. The van der Waals surface area contributed by atoms with Crippen molar-refractivity contribution in [3.8, 4) is 0 Å². The van der Waals surface area contributed by atoms with Gasteiger partial charge in [0.2, 0.25) is 0 Å². The summed E-state index contributed by atoms with van der Waals surface area (Å²) in [4.78, 5) is 30.1. The zero-order valence-corrected chi connectivity index (χ0v) is 13.1. The standard InChI is InChI=1S/C17H21N3O2/c1-12-3-4-15-16(9-12)20(17(22)11-18-15)8-7-19-6-5-14(21)10-13(19)2/h3-4,9,11,13H,5-8,10H2,1-2H3. The molecular weight excluding hydrogens is 278 g/mol. The molecular formula is C17H21N3O2. The van der Waals surface area contributed by atoms with Gasteiger partial charge >= 0.3 is 0 Å². The predicted molar refractivity (Wildman–Crippen MR) is 86.0 cm³/mol. The van der Waals surface area contributed by atoms with Crippen molar-refractivity contribution >= 4 is 16.8 Å². The van der Waals surface area contributed by atoms with E-state index in [2.05, 4.69) is 16.8 Å². The van der Waals surface area contributed by atoms with Gasteiger partial charge in [0, 0.05) is 38.5 Å². The molecule has 0 spiro atoms. The number of likely N-dealkylation sites (tertiary alicyclic amines) is 1. The Bertz CT molecular complexity index is 766. The fourth-order valence-electron chi connectivity index (χ4n) is 3.11. The second-order valence-corrected chi connectivity index (χ2v) is 6.12. The highest BCUT2D eigenvalue weighted by atomic mass is 16.1. The number of aryl methyl sites for hydroxylation is 1. The van der Waals surface area contributed by atoms with Crippen molar-refractivity contribution in [2.24, 2.45) is 0 Å². The zero-order chi connectivity index (χ0) is 15.7. The van der Waals surface area contributed by atoms with Crippen molar-refractivity contribution in [3.63, 3.8) is 0 Å². The summed E-state index contributed by atoms with van der Waals surface area (Å²) in [7, 11) is 0. The Hall–Kier alpha value is -2.01. The third kappa shape index (κ3) is 2.95. The first-order valence-corrected chi connectivity index (χ1v) is 7.76. The monoisotopic (exact) mass is 299 g/mol. The number of fused-ring (bicyclic) bond motifs is 1. The first-order valence-electron chi connectivity index (χ1n) is 7.76. The van der Waals surface area contributed by atoms with Crippen molar-refractivity contribution < 1.29 is 4.79 Å². The average Bonchev–Trinajstić information content (AvgIpc) is 2.48. The number of rotatable bonds is 3. The second kappa shape index (κ2) is 6.01. The van der Waals surface area contributed by atoms with Crippen LogP contribution in [-0.4, -0.2) is 39.4 Å². The lowest BCUT2D eigenvalue weighted by atomic mass is 10.0. The summed E-state index contributed by atoms with van der Waals surface area (Å²) in [6, 6.07) is 6.21. The minimum absolute atomic E-state index is 0.0705. The fraction of sp³-hybridized carbons (Fsp3) is 0.471. The molecule has 2 heterocycles. The smallest absolute Gasteiger partial charge is 0.269 e. The molecule has 1 fully saturated rings. The van der Waals surface area contributed by atoms with Gasteiger partial charge in [0.15, 0.2) is 0 Å². The number of piperidine rings is 1. The van der Waals surface area contributed by atoms with Crippen LogP contribution in [0.2, 0.25) is 0 Å². The molecule has 116 valence electrons. The lowest BCUT2D eigenvalue weighted by molar-refractivity contribution is -0.122. The lowest BCUT2D eigenvalue weighted by Crippen LogP contribution is -2.43. The largest absolute Gasteiger partial charge is 0.304 e. The third-order valence-corrected chi connectivity index (χ3v) is 4.44. The molecule has 1 aromatic heterocycles. The number of ketones is 1. The van der Waals surface area contributed by atoms with Crippen molar-refractivity contribution in [2.45, 2.75) is 39.3 Å². The molecule has 3 rings (SSSR count). The van der Waals surface area contributed by atoms with E-state index in [9.17, 15) is 9.59 Å².